The largest absolute Gasteiger partial charge is 0.481 e. The number of nitrogens with one attached hydrogen (secondary N) is 1. The van der Waals surface area contributed by atoms with Crippen LogP contribution in [0.25, 0.3) is 6.08 Å². The second-order valence-corrected chi connectivity index (χ2v) is 6.36. The Labute approximate surface area is 166 Å². The zero-order valence-electron chi connectivity index (χ0n) is 14.9. The standard InChI is InChI=1S/C21H15ClN2O4/c1-3-10-28-16-8-5-14(6-9-16)11-17-19(25)23-21(27)24(20(17)26)15-7-4-13(2)18(22)12-15/h1,4-9,11-12H,10H2,2H3,(H,23,25,27)/b17-11-. The predicted molar refractivity (Wildman–Crippen MR) is 106 cm³/mol. The first-order valence-electron chi connectivity index (χ1n) is 8.24. The van der Waals surface area contributed by atoms with E-state index in [1.165, 1.54) is 12.1 Å². The number of hydrogen-bond acceptors (Lipinski definition) is 4. The third-order valence-electron chi connectivity index (χ3n) is 4.03. The maximum Gasteiger partial charge on any atom is 0.335 e. The molecule has 6 nitrogen and oxygen atoms in total. The van der Waals surface area contributed by atoms with Crippen LogP contribution in [0.4, 0.5) is 10.5 Å². The molecule has 1 N–H and O–H groups in total. The van der Waals surface area contributed by atoms with E-state index in [1.807, 2.05) is 0 Å². The maximum atomic E-state index is 12.8. The number of carbonyl (C=O) groups excluding carboxylic acids is 3. The van der Waals surface area contributed by atoms with Crippen molar-refractivity contribution < 1.29 is 19.1 Å². The number of ether oxygens (including phenoxy) is 1. The molecule has 0 bridgehead atoms. The Hall–Kier alpha value is -3.56. The van der Waals surface area contributed by atoms with Gasteiger partial charge in [0.2, 0.25) is 0 Å². The first-order valence-corrected chi connectivity index (χ1v) is 8.62. The van der Waals surface area contributed by atoms with Gasteiger partial charge in [0, 0.05) is 5.02 Å². The van der Waals surface area contributed by atoms with Gasteiger partial charge in [0.15, 0.2) is 0 Å². The van der Waals surface area contributed by atoms with Crippen molar-refractivity contribution in [1.82, 2.24) is 5.32 Å². The van der Waals surface area contributed by atoms with Crippen LogP contribution < -0.4 is 15.0 Å². The van der Waals surface area contributed by atoms with Crippen LogP contribution in [0.1, 0.15) is 11.1 Å². The fraction of sp³-hybridized carbons (Fsp3) is 0.0952. The summed E-state index contributed by atoms with van der Waals surface area (Å²) in [4.78, 5) is 38.1. The van der Waals surface area contributed by atoms with E-state index in [0.29, 0.717) is 16.3 Å². The van der Waals surface area contributed by atoms with Crippen molar-refractivity contribution in [2.75, 3.05) is 11.5 Å². The molecule has 1 fully saturated rings. The Morgan fingerprint density at radius 2 is 1.89 bits per heavy atom. The quantitative estimate of drug-likeness (QED) is 0.490. The van der Waals surface area contributed by atoms with E-state index in [2.05, 4.69) is 11.2 Å². The molecular weight excluding hydrogens is 380 g/mol. The third-order valence-corrected chi connectivity index (χ3v) is 4.44. The Morgan fingerprint density at radius 3 is 2.54 bits per heavy atom. The summed E-state index contributed by atoms with van der Waals surface area (Å²) in [6.45, 7) is 1.94. The lowest BCUT2D eigenvalue weighted by molar-refractivity contribution is -0.122. The molecule has 0 unspecified atom stereocenters. The maximum absolute atomic E-state index is 12.8. The van der Waals surface area contributed by atoms with Gasteiger partial charge in [0.25, 0.3) is 11.8 Å². The number of anilines is 1. The summed E-state index contributed by atoms with van der Waals surface area (Å²) in [5.74, 6) is 1.42. The van der Waals surface area contributed by atoms with Crippen molar-refractivity contribution in [3.63, 3.8) is 0 Å². The van der Waals surface area contributed by atoms with Crippen LogP contribution in [-0.2, 0) is 9.59 Å². The summed E-state index contributed by atoms with van der Waals surface area (Å²) in [6.07, 6.45) is 6.54. The Bertz CT molecular complexity index is 1040. The van der Waals surface area contributed by atoms with E-state index in [4.69, 9.17) is 22.8 Å². The molecule has 1 saturated heterocycles. The SMILES string of the molecule is C#CCOc1ccc(/C=C2/C(=O)NC(=O)N(c3ccc(C)c(Cl)c3)C2=O)cc1. The van der Waals surface area contributed by atoms with E-state index in [1.54, 1.807) is 43.3 Å². The molecule has 0 saturated carbocycles. The van der Waals surface area contributed by atoms with Crippen LogP contribution in [-0.4, -0.2) is 24.5 Å². The van der Waals surface area contributed by atoms with Gasteiger partial charge in [-0.3, -0.25) is 14.9 Å². The number of halogens is 1. The molecule has 28 heavy (non-hydrogen) atoms. The van der Waals surface area contributed by atoms with Gasteiger partial charge in [-0.1, -0.05) is 35.7 Å². The van der Waals surface area contributed by atoms with Crippen molar-refractivity contribution in [2.45, 2.75) is 6.92 Å². The molecule has 1 aliphatic rings. The minimum absolute atomic E-state index is 0.136. The van der Waals surface area contributed by atoms with Crippen molar-refractivity contribution in [3.8, 4) is 18.1 Å². The molecule has 1 aliphatic heterocycles. The first-order chi connectivity index (χ1) is 13.4. The average Bonchev–Trinajstić information content (AvgIpc) is 2.67. The fourth-order valence-corrected chi connectivity index (χ4v) is 2.74. The molecule has 0 radical (unpaired) electrons. The highest BCUT2D eigenvalue weighted by atomic mass is 35.5. The fourth-order valence-electron chi connectivity index (χ4n) is 2.56. The minimum atomic E-state index is -0.829. The van der Waals surface area contributed by atoms with E-state index in [0.717, 1.165) is 10.5 Å². The lowest BCUT2D eigenvalue weighted by Crippen LogP contribution is -2.54. The monoisotopic (exact) mass is 394 g/mol. The summed E-state index contributed by atoms with van der Waals surface area (Å²) in [7, 11) is 0. The van der Waals surface area contributed by atoms with E-state index in [9.17, 15) is 14.4 Å². The number of hydrogen-bond donors (Lipinski definition) is 1. The van der Waals surface area contributed by atoms with E-state index < -0.39 is 17.8 Å². The molecular formula is C21H15ClN2O4. The molecule has 1 heterocycles. The van der Waals surface area contributed by atoms with Gasteiger partial charge in [-0.15, -0.1) is 6.42 Å². The number of carbonyl (C=O) groups is 3. The molecule has 3 rings (SSSR count). The highest BCUT2D eigenvalue weighted by Crippen LogP contribution is 2.26. The van der Waals surface area contributed by atoms with Gasteiger partial charge >= 0.3 is 6.03 Å². The summed E-state index contributed by atoms with van der Waals surface area (Å²) >= 11 is 6.10. The molecule has 7 heteroatoms. The number of nitrogens with zero attached hydrogens (tertiary/aromatic N) is 1. The Kier molecular flexibility index (Phi) is 5.48. The summed E-state index contributed by atoms with van der Waals surface area (Å²) in [5.41, 5.74) is 1.49. The molecule has 0 atom stereocenters. The molecule has 2 aromatic rings. The van der Waals surface area contributed by atoms with E-state index >= 15 is 0 Å². The second-order valence-electron chi connectivity index (χ2n) is 5.95. The van der Waals surface area contributed by atoms with Gasteiger partial charge in [0.1, 0.15) is 17.9 Å². The molecule has 0 aromatic heterocycles. The highest BCUT2D eigenvalue weighted by molar-refractivity contribution is 6.39. The second kappa shape index (κ2) is 7.99. The predicted octanol–water partition coefficient (Wildman–Crippen LogP) is 3.33. The van der Waals surface area contributed by atoms with Crippen LogP contribution in [0.5, 0.6) is 5.75 Å². The topological polar surface area (TPSA) is 75.7 Å². The first kappa shape index (κ1) is 19.2. The molecule has 2 aromatic carbocycles. The zero-order chi connectivity index (χ0) is 20.3. The van der Waals surface area contributed by atoms with Gasteiger partial charge in [-0.05, 0) is 48.4 Å². The number of benzene rings is 2. The number of imide groups is 2. The summed E-state index contributed by atoms with van der Waals surface area (Å²) < 4.78 is 5.28. The van der Waals surface area contributed by atoms with Crippen molar-refractivity contribution in [3.05, 3.63) is 64.2 Å². The number of amides is 4. The van der Waals surface area contributed by atoms with Crippen molar-refractivity contribution in [1.29, 1.82) is 0 Å². The molecule has 4 amide bonds. The van der Waals surface area contributed by atoms with Crippen molar-refractivity contribution in [2.24, 2.45) is 0 Å². The number of terminal acetylenes is 1. The lowest BCUT2D eigenvalue weighted by atomic mass is 10.1. The summed E-state index contributed by atoms with van der Waals surface area (Å²) in [5, 5.41) is 2.58. The van der Waals surface area contributed by atoms with Gasteiger partial charge < -0.3 is 4.74 Å². The minimum Gasteiger partial charge on any atom is -0.481 e. The van der Waals surface area contributed by atoms with Gasteiger partial charge in [-0.2, -0.15) is 0 Å². The smallest absolute Gasteiger partial charge is 0.335 e. The number of urea groups is 1. The number of rotatable bonds is 4. The molecule has 0 aliphatic carbocycles. The van der Waals surface area contributed by atoms with Crippen LogP contribution in [0.15, 0.2) is 48.0 Å². The Balaban J connectivity index is 1.92. The Morgan fingerprint density at radius 1 is 1.18 bits per heavy atom. The molecule has 140 valence electrons. The summed E-state index contributed by atoms with van der Waals surface area (Å²) in [6, 6.07) is 10.6. The molecule has 0 spiro atoms. The average molecular weight is 395 g/mol. The van der Waals surface area contributed by atoms with Crippen LogP contribution in [0.2, 0.25) is 5.02 Å². The van der Waals surface area contributed by atoms with Crippen LogP contribution in [0, 0.1) is 19.3 Å². The van der Waals surface area contributed by atoms with E-state index in [-0.39, 0.29) is 17.9 Å². The third kappa shape index (κ3) is 3.90. The number of barbiturate groups is 1. The highest BCUT2D eigenvalue weighted by Gasteiger charge is 2.36. The van der Waals surface area contributed by atoms with Crippen molar-refractivity contribution >= 4 is 41.2 Å². The van der Waals surface area contributed by atoms with Crippen LogP contribution >= 0.6 is 11.6 Å². The normalized spacial score (nSPS) is 15.4. The zero-order valence-corrected chi connectivity index (χ0v) is 15.6. The lowest BCUT2D eigenvalue weighted by Gasteiger charge is -2.26. The van der Waals surface area contributed by atoms with Gasteiger partial charge in [-0.25, -0.2) is 9.69 Å². The van der Waals surface area contributed by atoms with Gasteiger partial charge in [0.05, 0.1) is 5.69 Å². The van der Waals surface area contributed by atoms with Crippen LogP contribution in [0.3, 0.4) is 0 Å². The number of aryl methyl sites for hydroxylation is 1.